The lowest BCUT2D eigenvalue weighted by molar-refractivity contribution is -0.138. The van der Waals surface area contributed by atoms with Crippen LogP contribution < -0.4 is 27.0 Å². The molecule has 4 atom stereocenters. The average Bonchev–Trinajstić information content (AvgIpc) is 4.11. The van der Waals surface area contributed by atoms with Crippen molar-refractivity contribution in [2.75, 3.05) is 26.2 Å². The summed E-state index contributed by atoms with van der Waals surface area (Å²) in [5.74, 6) is -3.94. The van der Waals surface area contributed by atoms with Crippen LogP contribution in [0.2, 0.25) is 0 Å². The second-order valence-corrected chi connectivity index (χ2v) is 16.8. The van der Waals surface area contributed by atoms with Gasteiger partial charge in [-0.25, -0.2) is 9.97 Å². The molecule has 4 aromatic carbocycles. The molecule has 18 heteroatoms. The largest absolute Gasteiger partial charge is 0.368 e. The third kappa shape index (κ3) is 7.40. The number of rotatable bonds is 10. The van der Waals surface area contributed by atoms with Crippen LogP contribution in [0.5, 0.6) is 0 Å². The van der Waals surface area contributed by atoms with Gasteiger partial charge in [-0.1, -0.05) is 72.8 Å². The Kier molecular flexibility index (Phi) is 10.5. The fraction of sp³-hybridized carbons (Fsp3) is 0.229. The van der Waals surface area contributed by atoms with E-state index in [2.05, 4.69) is 31.2 Å². The fourth-order valence-corrected chi connectivity index (χ4v) is 9.62. The third-order valence-corrected chi connectivity index (χ3v) is 12.6. The van der Waals surface area contributed by atoms with Gasteiger partial charge in [0, 0.05) is 64.7 Å². The predicted octanol–water partition coefficient (Wildman–Crippen LogP) is 2.89. The Morgan fingerprint density at radius 2 is 1.02 bits per heavy atom. The molecule has 0 aliphatic carbocycles. The zero-order chi connectivity index (χ0) is 45.8. The number of likely N-dealkylation sites (tertiary alicyclic amines) is 2. The van der Waals surface area contributed by atoms with Gasteiger partial charge in [-0.15, -0.1) is 0 Å². The first-order chi connectivity index (χ1) is 31.9. The number of benzene rings is 4. The van der Waals surface area contributed by atoms with Crippen LogP contribution in [0.3, 0.4) is 0 Å². The molecular formula is C48H43N11O7. The van der Waals surface area contributed by atoms with Crippen LogP contribution >= 0.6 is 0 Å². The van der Waals surface area contributed by atoms with Gasteiger partial charge in [-0.05, 0) is 37.1 Å². The first-order valence-electron chi connectivity index (χ1n) is 21.5. The number of H-pyrrole nitrogens is 2. The van der Waals surface area contributed by atoms with E-state index < -0.39 is 72.7 Å². The molecule has 18 nitrogen and oxygen atoms in total. The highest BCUT2D eigenvalue weighted by atomic mass is 16.2. The lowest BCUT2D eigenvalue weighted by Gasteiger charge is -2.25. The van der Waals surface area contributed by atoms with E-state index in [1.54, 1.807) is 30.3 Å². The Bertz CT molecular complexity index is 3360. The molecule has 8 N–H and O–H groups in total. The van der Waals surface area contributed by atoms with E-state index in [1.165, 1.54) is 16.7 Å². The normalized spacial score (nSPS) is 18.4. The van der Waals surface area contributed by atoms with Gasteiger partial charge in [0.05, 0.1) is 57.3 Å². The minimum Gasteiger partial charge on any atom is -0.368 e. The Labute approximate surface area is 374 Å². The number of fused-ring (bicyclic) bond motifs is 8. The van der Waals surface area contributed by atoms with Crippen LogP contribution in [0.4, 0.5) is 0 Å². The number of nitrogens with one attached hydrogen (secondary N) is 6. The minimum atomic E-state index is -1.10. The monoisotopic (exact) mass is 885 g/mol. The van der Waals surface area contributed by atoms with Gasteiger partial charge in [0.15, 0.2) is 0 Å². The molecular weight excluding hydrogens is 843 g/mol. The van der Waals surface area contributed by atoms with Crippen molar-refractivity contribution in [2.24, 2.45) is 5.73 Å². The van der Waals surface area contributed by atoms with Crippen molar-refractivity contribution in [3.05, 3.63) is 108 Å². The van der Waals surface area contributed by atoms with Gasteiger partial charge in [0.2, 0.25) is 29.5 Å². The van der Waals surface area contributed by atoms with E-state index in [0.29, 0.717) is 55.0 Å². The fourth-order valence-electron chi connectivity index (χ4n) is 9.62. The summed E-state index contributed by atoms with van der Waals surface area (Å²) < 4.78 is 0. The number of aromatic amines is 2. The van der Waals surface area contributed by atoms with Crippen molar-refractivity contribution < 1.29 is 33.6 Å². The summed E-state index contributed by atoms with van der Waals surface area (Å²) in [6.07, 6.45) is 0.0587. The molecule has 4 aromatic heterocycles. The van der Waals surface area contributed by atoms with Crippen LogP contribution in [0.1, 0.15) is 40.5 Å². The SMILES string of the molecule is CC(=O)NC1CC(C(=O)NC2CC(C(N)=O)N(C(=O)CNC(=O)c3c4ccccc4nc4c3[nH]c3ccccc34)C2)N(C(=O)CNC(=O)c2c3ccccc3nc3c2[nH]c2ccccc23)C1. The molecule has 0 saturated carbocycles. The van der Waals surface area contributed by atoms with E-state index in [-0.39, 0.29) is 31.8 Å². The van der Waals surface area contributed by atoms with Crippen LogP contribution in [-0.2, 0) is 24.0 Å². The molecule has 332 valence electrons. The number of carbonyl (C=O) groups is 7. The minimum absolute atomic E-state index is 0.00666. The number of pyridine rings is 2. The maximum absolute atomic E-state index is 14.1. The van der Waals surface area contributed by atoms with Gasteiger partial charge >= 0.3 is 0 Å². The second-order valence-electron chi connectivity index (χ2n) is 16.8. The molecule has 4 unspecified atom stereocenters. The molecule has 6 heterocycles. The zero-order valence-electron chi connectivity index (χ0n) is 35.5. The molecule has 2 aliphatic rings. The van der Waals surface area contributed by atoms with Crippen LogP contribution in [0.25, 0.3) is 65.7 Å². The molecule has 8 aromatic rings. The standard InChI is InChI=1S/C48H43N11O7/c1-24(60)52-25-19-36(59(22-25)38(62)21-51-48(66)40-28-11-3-7-15-32(28)55-42-30-13-5-9-17-34(30)57-44(40)42)46(64)53-26-18-35(45(49)63)58(23-26)37(61)20-50-47(65)39-27-10-2-6-14-31(27)54-41-29-12-4-8-16-33(29)56-43(39)41/h2-17,25-26,35-36,56-57H,18-23H2,1H3,(H2,49,63)(H,50,65)(H,51,66)(H,52,60)(H,53,64). The van der Waals surface area contributed by atoms with E-state index >= 15 is 0 Å². The lowest BCUT2D eigenvalue weighted by Crippen LogP contribution is -2.51. The molecule has 0 spiro atoms. The summed E-state index contributed by atoms with van der Waals surface area (Å²) in [4.78, 5) is 113. The van der Waals surface area contributed by atoms with Crippen molar-refractivity contribution in [2.45, 2.75) is 43.9 Å². The van der Waals surface area contributed by atoms with E-state index in [0.717, 1.165) is 21.8 Å². The highest BCUT2D eigenvalue weighted by Crippen LogP contribution is 2.33. The number of nitrogens with zero attached hydrogens (tertiary/aromatic N) is 4. The zero-order valence-corrected chi connectivity index (χ0v) is 35.5. The van der Waals surface area contributed by atoms with Crippen molar-refractivity contribution in [1.29, 1.82) is 0 Å². The molecule has 66 heavy (non-hydrogen) atoms. The summed E-state index contributed by atoms with van der Waals surface area (Å²) >= 11 is 0. The Hall–Kier alpha value is -8.41. The van der Waals surface area contributed by atoms with Crippen molar-refractivity contribution in [1.82, 2.24) is 51.0 Å². The van der Waals surface area contributed by atoms with Crippen molar-refractivity contribution in [3.8, 4) is 0 Å². The highest BCUT2D eigenvalue weighted by Gasteiger charge is 2.44. The second kappa shape index (κ2) is 16.6. The maximum atomic E-state index is 14.1. The summed E-state index contributed by atoms with van der Waals surface area (Å²) in [7, 11) is 0. The van der Waals surface area contributed by atoms with Crippen molar-refractivity contribution >= 4 is 107 Å². The Morgan fingerprint density at radius 1 is 0.591 bits per heavy atom. The van der Waals surface area contributed by atoms with Gasteiger partial charge in [0.1, 0.15) is 12.1 Å². The van der Waals surface area contributed by atoms with Crippen LogP contribution in [-0.4, -0.2) is 121 Å². The van der Waals surface area contributed by atoms with E-state index in [9.17, 15) is 33.6 Å². The molecule has 2 aliphatic heterocycles. The van der Waals surface area contributed by atoms with Gasteiger partial charge in [-0.3, -0.25) is 33.6 Å². The van der Waals surface area contributed by atoms with E-state index in [4.69, 9.17) is 15.7 Å². The molecule has 7 amide bonds. The third-order valence-electron chi connectivity index (χ3n) is 12.6. The summed E-state index contributed by atoms with van der Waals surface area (Å²) in [6.45, 7) is 0.287. The van der Waals surface area contributed by atoms with Gasteiger partial charge < -0.3 is 46.8 Å². The number of amides is 7. The quantitative estimate of drug-likeness (QED) is 0.106. The number of primary amides is 1. The summed E-state index contributed by atoms with van der Waals surface area (Å²) in [5.41, 5.74) is 11.4. The number of aromatic nitrogens is 4. The van der Waals surface area contributed by atoms with E-state index in [1.807, 2.05) is 66.7 Å². The summed E-state index contributed by atoms with van der Waals surface area (Å²) in [5, 5.41) is 14.0. The van der Waals surface area contributed by atoms with Gasteiger partial charge in [-0.2, -0.15) is 0 Å². The Balaban J connectivity index is 0.830. The molecule has 2 saturated heterocycles. The highest BCUT2D eigenvalue weighted by molar-refractivity contribution is 6.22. The van der Waals surface area contributed by atoms with Crippen LogP contribution in [0, 0.1) is 0 Å². The molecule has 0 bridgehead atoms. The average molecular weight is 886 g/mol. The van der Waals surface area contributed by atoms with Crippen molar-refractivity contribution in [3.63, 3.8) is 0 Å². The number of hydrogen-bond donors (Lipinski definition) is 7. The predicted molar refractivity (Wildman–Crippen MR) is 246 cm³/mol. The topological polar surface area (TPSA) is 257 Å². The molecule has 10 rings (SSSR count). The lowest BCUT2D eigenvalue weighted by atomic mass is 10.1. The number of carbonyl (C=O) groups excluding carboxylic acids is 7. The molecule has 2 fully saturated rings. The smallest absolute Gasteiger partial charge is 0.254 e. The number of para-hydroxylation sites is 4. The summed E-state index contributed by atoms with van der Waals surface area (Å²) in [6, 6.07) is 26.0. The number of nitrogens with two attached hydrogens (primary N) is 1. The van der Waals surface area contributed by atoms with Crippen LogP contribution in [0.15, 0.2) is 97.1 Å². The first-order valence-corrected chi connectivity index (χ1v) is 21.5. The Morgan fingerprint density at radius 3 is 1.50 bits per heavy atom. The first kappa shape index (κ1) is 41.6. The van der Waals surface area contributed by atoms with Gasteiger partial charge in [0.25, 0.3) is 11.8 Å². The number of hydrogen-bond acceptors (Lipinski definition) is 9. The maximum Gasteiger partial charge on any atom is 0.254 e. The molecule has 0 radical (unpaired) electrons.